The van der Waals surface area contributed by atoms with Crippen LogP contribution in [-0.2, 0) is 4.57 Å². The second-order valence-electron chi connectivity index (χ2n) is 9.42. The second-order valence-corrected chi connectivity index (χ2v) is 12.6. The third-order valence-electron chi connectivity index (χ3n) is 6.44. The molecule has 2 aromatic heterocycles. The van der Waals surface area contributed by atoms with E-state index in [4.69, 9.17) is 37.1 Å². The molecule has 2 heterocycles. The number of ether oxygens (including phenoxy) is 1. The largest absolute Gasteiger partial charge is 0.481 e. The zero-order valence-electron chi connectivity index (χ0n) is 22.2. The van der Waals surface area contributed by atoms with Crippen LogP contribution in [0.4, 0.5) is 5.69 Å². The first-order valence-electron chi connectivity index (χ1n) is 13.4. The molecule has 0 spiro atoms. The molecule has 4 rings (SSSR count). The van der Waals surface area contributed by atoms with Crippen LogP contribution in [0.3, 0.4) is 0 Å². The van der Waals surface area contributed by atoms with Gasteiger partial charge in [0.05, 0.1) is 23.8 Å². The molecule has 0 aliphatic carbocycles. The number of rotatable bonds is 16. The van der Waals surface area contributed by atoms with Gasteiger partial charge < -0.3 is 14.6 Å². The van der Waals surface area contributed by atoms with Gasteiger partial charge >= 0.3 is 6.87 Å². The van der Waals surface area contributed by atoms with Gasteiger partial charge in [0.2, 0.25) is 5.88 Å². The molecule has 0 saturated heterocycles. The molecule has 0 aliphatic heterocycles. The van der Waals surface area contributed by atoms with Gasteiger partial charge in [0.1, 0.15) is 11.3 Å². The fraction of sp³-hybridized carbons (Fsp3) is 0.379. The Morgan fingerprint density at radius 1 is 0.821 bits per heavy atom. The van der Waals surface area contributed by atoms with Gasteiger partial charge in [0, 0.05) is 40.8 Å². The Kier molecular flexibility index (Phi) is 11.1. The predicted molar refractivity (Wildman–Crippen MR) is 163 cm³/mol. The van der Waals surface area contributed by atoms with Crippen LogP contribution in [0.5, 0.6) is 11.6 Å². The SMILES string of the molecule is COc1ccc2nc3cc(Cl)ccc3c(NCCCCCCCCCCNP(=O)(Cl)Oc3ccccc3)c2n1. The van der Waals surface area contributed by atoms with Gasteiger partial charge in [-0.05, 0) is 49.2 Å². The second kappa shape index (κ2) is 14.7. The van der Waals surface area contributed by atoms with Crippen LogP contribution in [0.1, 0.15) is 51.4 Å². The summed E-state index contributed by atoms with van der Waals surface area (Å²) in [6.07, 6.45) is 8.95. The Morgan fingerprint density at radius 2 is 1.51 bits per heavy atom. The summed E-state index contributed by atoms with van der Waals surface area (Å²) in [6.45, 7) is -1.93. The molecule has 39 heavy (non-hydrogen) atoms. The minimum absolute atomic E-state index is 0.503. The average Bonchev–Trinajstić information content (AvgIpc) is 2.93. The van der Waals surface area contributed by atoms with E-state index in [1.807, 2.05) is 48.5 Å². The van der Waals surface area contributed by atoms with Crippen LogP contribution in [0.25, 0.3) is 21.9 Å². The normalized spacial score (nSPS) is 12.9. The summed E-state index contributed by atoms with van der Waals surface area (Å²) in [4.78, 5) is 9.39. The van der Waals surface area contributed by atoms with Crippen molar-refractivity contribution >= 4 is 57.3 Å². The van der Waals surface area contributed by atoms with Gasteiger partial charge in [-0.25, -0.2) is 19.6 Å². The van der Waals surface area contributed by atoms with E-state index in [2.05, 4.69) is 15.4 Å². The molecule has 4 aromatic rings. The predicted octanol–water partition coefficient (Wildman–Crippen LogP) is 8.99. The number of para-hydroxylation sites is 1. The van der Waals surface area contributed by atoms with E-state index in [1.54, 1.807) is 19.2 Å². The molecule has 0 saturated carbocycles. The highest BCUT2D eigenvalue weighted by molar-refractivity contribution is 7.84. The number of aromatic nitrogens is 2. The molecule has 0 aliphatic rings. The fourth-order valence-electron chi connectivity index (χ4n) is 4.45. The highest BCUT2D eigenvalue weighted by atomic mass is 35.7. The van der Waals surface area contributed by atoms with Crippen LogP contribution in [0.2, 0.25) is 5.02 Å². The number of benzene rings is 2. The molecule has 2 aromatic carbocycles. The number of hydrogen-bond acceptors (Lipinski definition) is 6. The van der Waals surface area contributed by atoms with E-state index >= 15 is 0 Å². The molecule has 208 valence electrons. The quantitative estimate of drug-likeness (QED) is 0.0766. The summed E-state index contributed by atoms with van der Waals surface area (Å²) in [6, 6.07) is 18.5. The van der Waals surface area contributed by atoms with E-state index in [1.165, 1.54) is 19.3 Å². The van der Waals surface area contributed by atoms with Gasteiger partial charge in [0.15, 0.2) is 0 Å². The first kappa shape index (κ1) is 29.4. The standard InChI is InChI=1S/C29H35Cl2N4O3P/c1-37-27-18-17-25-29(35-27)28(24-16-15-22(30)21-26(24)34-25)32-19-11-6-4-2-3-5-7-12-20-33-39(31,36)38-23-13-9-8-10-14-23/h8-10,13-18,21H,2-7,11-12,19-20H2,1H3,(H,32,34)(H,33,36). The minimum atomic E-state index is -3.35. The summed E-state index contributed by atoms with van der Waals surface area (Å²) >= 11 is 12.2. The van der Waals surface area contributed by atoms with E-state index in [0.717, 1.165) is 66.3 Å². The summed E-state index contributed by atoms with van der Waals surface area (Å²) in [5, 5.41) is 8.11. The van der Waals surface area contributed by atoms with Gasteiger partial charge in [-0.15, -0.1) is 0 Å². The van der Waals surface area contributed by atoms with Gasteiger partial charge in [-0.3, -0.25) is 0 Å². The van der Waals surface area contributed by atoms with Crippen molar-refractivity contribution in [2.45, 2.75) is 51.4 Å². The van der Waals surface area contributed by atoms with Crippen LogP contribution in [0.15, 0.2) is 60.7 Å². The molecule has 0 radical (unpaired) electrons. The highest BCUT2D eigenvalue weighted by Crippen LogP contribution is 2.47. The number of nitrogens with one attached hydrogen (secondary N) is 2. The van der Waals surface area contributed by atoms with Gasteiger partial charge in [-0.1, -0.05) is 68.3 Å². The van der Waals surface area contributed by atoms with Crippen molar-refractivity contribution in [2.75, 3.05) is 25.5 Å². The van der Waals surface area contributed by atoms with Gasteiger partial charge in [0.25, 0.3) is 0 Å². The molecular weight excluding hydrogens is 554 g/mol. The average molecular weight is 590 g/mol. The number of nitrogens with zero attached hydrogens (tertiary/aromatic N) is 2. The highest BCUT2D eigenvalue weighted by Gasteiger charge is 2.19. The number of unbranched alkanes of at least 4 members (excludes halogenated alkanes) is 7. The van der Waals surface area contributed by atoms with Crippen molar-refractivity contribution in [1.29, 1.82) is 0 Å². The zero-order valence-corrected chi connectivity index (χ0v) is 24.6. The Hall–Kier alpha value is -2.57. The maximum atomic E-state index is 12.3. The Balaban J connectivity index is 1.13. The molecule has 0 fully saturated rings. The Morgan fingerprint density at radius 3 is 2.23 bits per heavy atom. The van der Waals surface area contributed by atoms with E-state index in [-0.39, 0.29) is 0 Å². The smallest absolute Gasteiger partial charge is 0.409 e. The van der Waals surface area contributed by atoms with Crippen molar-refractivity contribution in [2.24, 2.45) is 0 Å². The lowest BCUT2D eigenvalue weighted by Gasteiger charge is -2.14. The van der Waals surface area contributed by atoms with Crippen LogP contribution >= 0.6 is 29.7 Å². The molecule has 2 N–H and O–H groups in total. The number of hydrogen-bond donors (Lipinski definition) is 2. The van der Waals surface area contributed by atoms with E-state index in [9.17, 15) is 4.57 Å². The molecule has 0 bridgehead atoms. The maximum absolute atomic E-state index is 12.3. The summed E-state index contributed by atoms with van der Waals surface area (Å²) in [7, 11) is 1.62. The topological polar surface area (TPSA) is 85.4 Å². The Bertz CT molecular complexity index is 1410. The van der Waals surface area contributed by atoms with E-state index < -0.39 is 6.87 Å². The number of anilines is 1. The molecular formula is C29H35Cl2N4O3P. The molecule has 1 atom stereocenters. The van der Waals surface area contributed by atoms with Crippen molar-refractivity contribution in [3.63, 3.8) is 0 Å². The molecule has 7 nitrogen and oxygen atoms in total. The van der Waals surface area contributed by atoms with Crippen LogP contribution in [-0.4, -0.2) is 30.2 Å². The third-order valence-corrected chi connectivity index (χ3v) is 8.28. The number of halogens is 2. The number of methoxy groups -OCH3 is 1. The van der Waals surface area contributed by atoms with Gasteiger partial charge in [-0.2, -0.15) is 0 Å². The molecule has 10 heteroatoms. The van der Waals surface area contributed by atoms with Crippen LogP contribution < -0.4 is 19.7 Å². The fourth-order valence-corrected chi connectivity index (χ4v) is 5.99. The number of fused-ring (bicyclic) bond motifs is 2. The zero-order chi connectivity index (χ0) is 27.5. The van der Waals surface area contributed by atoms with E-state index in [0.29, 0.717) is 23.2 Å². The first-order chi connectivity index (χ1) is 18.9. The van der Waals surface area contributed by atoms with Crippen molar-refractivity contribution in [3.05, 3.63) is 65.7 Å². The minimum Gasteiger partial charge on any atom is -0.481 e. The molecule has 0 amide bonds. The third kappa shape index (κ3) is 8.97. The Labute approximate surface area is 239 Å². The summed E-state index contributed by atoms with van der Waals surface area (Å²) in [5.41, 5.74) is 3.42. The monoisotopic (exact) mass is 588 g/mol. The van der Waals surface area contributed by atoms with Crippen molar-refractivity contribution in [3.8, 4) is 11.6 Å². The first-order valence-corrected chi connectivity index (χ1v) is 16.3. The van der Waals surface area contributed by atoms with Crippen molar-refractivity contribution < 1.29 is 13.8 Å². The molecule has 1 unspecified atom stereocenters. The van der Waals surface area contributed by atoms with Crippen molar-refractivity contribution in [1.82, 2.24) is 15.1 Å². The lowest BCUT2D eigenvalue weighted by Crippen LogP contribution is -2.12. The number of pyridine rings is 2. The summed E-state index contributed by atoms with van der Waals surface area (Å²) < 4.78 is 23.0. The lowest BCUT2D eigenvalue weighted by molar-refractivity contribution is 0.399. The lowest BCUT2D eigenvalue weighted by atomic mass is 10.1. The van der Waals surface area contributed by atoms with Crippen LogP contribution in [0, 0.1) is 0 Å². The maximum Gasteiger partial charge on any atom is 0.409 e. The summed E-state index contributed by atoms with van der Waals surface area (Å²) in [5.74, 6) is 1.07.